The highest BCUT2D eigenvalue weighted by Gasteiger charge is 2.56. The molecule has 0 saturated carbocycles. The number of fused-ring (bicyclic) bond motifs is 1. The SMILES string of the molecule is O=C1[C@@H]2[C@@H](CC(COc3ccccc3)=C([C@H](O)CC/C(=C/c3ccc(O)c(F)c3)c3ccccn3)[C@@H]2CO)C(=O)N1c1cc(C(F)(F)F)cc(C(F)(F)F)c1. The summed E-state index contributed by atoms with van der Waals surface area (Å²) in [5, 5.41) is 32.3. The summed E-state index contributed by atoms with van der Waals surface area (Å²) in [6.45, 7) is -1.06. The maximum Gasteiger partial charge on any atom is 0.416 e. The zero-order chi connectivity index (χ0) is 39.7. The number of anilines is 1. The molecule has 3 aromatic carbocycles. The van der Waals surface area contributed by atoms with Gasteiger partial charge in [-0.3, -0.25) is 14.6 Å². The molecule has 6 rings (SSSR count). The number of ether oxygens (including phenoxy) is 1. The van der Waals surface area contributed by atoms with E-state index in [2.05, 4.69) is 4.98 Å². The third-order valence-electron chi connectivity index (χ3n) is 9.72. The van der Waals surface area contributed by atoms with Gasteiger partial charge in [0, 0.05) is 12.1 Å². The largest absolute Gasteiger partial charge is 0.505 e. The van der Waals surface area contributed by atoms with Crippen LogP contribution >= 0.6 is 0 Å². The number of benzene rings is 3. The normalized spacial score (nSPS) is 19.8. The minimum Gasteiger partial charge on any atom is -0.505 e. The molecule has 1 fully saturated rings. The van der Waals surface area contributed by atoms with Gasteiger partial charge in [0.1, 0.15) is 12.4 Å². The van der Waals surface area contributed by atoms with Gasteiger partial charge in [-0.1, -0.05) is 30.3 Å². The first-order valence-corrected chi connectivity index (χ1v) is 17.0. The van der Waals surface area contributed by atoms with Crippen LogP contribution in [-0.2, 0) is 21.9 Å². The summed E-state index contributed by atoms with van der Waals surface area (Å²) < 4.78 is 103. The van der Waals surface area contributed by atoms with Crippen molar-refractivity contribution in [2.24, 2.45) is 17.8 Å². The molecule has 0 radical (unpaired) electrons. The van der Waals surface area contributed by atoms with Crippen molar-refractivity contribution in [3.8, 4) is 11.5 Å². The van der Waals surface area contributed by atoms with E-state index >= 15 is 0 Å². The van der Waals surface area contributed by atoms with E-state index in [1.54, 1.807) is 54.6 Å². The lowest BCUT2D eigenvalue weighted by Crippen LogP contribution is -2.40. The summed E-state index contributed by atoms with van der Waals surface area (Å²) in [5.41, 5.74) is -2.54. The smallest absolute Gasteiger partial charge is 0.416 e. The molecule has 1 aromatic heterocycles. The zero-order valence-electron chi connectivity index (χ0n) is 28.7. The van der Waals surface area contributed by atoms with Crippen molar-refractivity contribution in [1.29, 1.82) is 0 Å². The average Bonchev–Trinajstić information content (AvgIpc) is 3.41. The maximum absolute atomic E-state index is 14.2. The Labute approximate surface area is 309 Å². The number of aromatic nitrogens is 1. The number of carbonyl (C=O) groups excluding carboxylic acids is 2. The highest BCUT2D eigenvalue weighted by molar-refractivity contribution is 6.22. The van der Waals surface area contributed by atoms with Crippen LogP contribution in [0.25, 0.3) is 11.6 Å². The van der Waals surface area contributed by atoms with E-state index in [-0.39, 0.29) is 37.5 Å². The molecule has 15 heteroatoms. The molecule has 2 aliphatic rings. The van der Waals surface area contributed by atoms with Crippen molar-refractivity contribution in [1.82, 2.24) is 4.98 Å². The third kappa shape index (κ3) is 8.42. The number of halogens is 7. The summed E-state index contributed by atoms with van der Waals surface area (Å²) in [7, 11) is 0. The minimum absolute atomic E-state index is 0.0740. The second kappa shape index (κ2) is 15.7. The summed E-state index contributed by atoms with van der Waals surface area (Å²) in [5.74, 6) is -7.26. The number of imide groups is 1. The number of phenolic OH excluding ortho intramolecular Hbond substituents is 1. The predicted octanol–water partition coefficient (Wildman–Crippen LogP) is 7.84. The van der Waals surface area contributed by atoms with Gasteiger partial charge in [0.25, 0.3) is 0 Å². The number of aliphatic hydroxyl groups excluding tert-OH is 2. The van der Waals surface area contributed by atoms with Crippen molar-refractivity contribution in [3.63, 3.8) is 0 Å². The highest BCUT2D eigenvalue weighted by Crippen LogP contribution is 2.49. The van der Waals surface area contributed by atoms with Crippen LogP contribution in [-0.4, -0.2) is 51.4 Å². The minimum atomic E-state index is -5.25. The van der Waals surface area contributed by atoms with Crippen LogP contribution in [0.1, 0.15) is 41.6 Å². The van der Waals surface area contributed by atoms with E-state index < -0.39 is 83.0 Å². The lowest BCUT2D eigenvalue weighted by Gasteiger charge is -2.36. The van der Waals surface area contributed by atoms with Gasteiger partial charge in [-0.15, -0.1) is 0 Å². The lowest BCUT2D eigenvalue weighted by molar-refractivity contribution is -0.143. The van der Waals surface area contributed by atoms with Crippen LogP contribution in [0.5, 0.6) is 11.5 Å². The van der Waals surface area contributed by atoms with Crippen LogP contribution < -0.4 is 9.64 Å². The van der Waals surface area contributed by atoms with Crippen LogP contribution in [0.3, 0.4) is 0 Å². The van der Waals surface area contributed by atoms with Crippen molar-refractivity contribution in [2.45, 2.75) is 37.7 Å². The second-order valence-electron chi connectivity index (χ2n) is 13.2. The van der Waals surface area contributed by atoms with Crippen LogP contribution in [0.15, 0.2) is 102 Å². The van der Waals surface area contributed by atoms with E-state index in [9.17, 15) is 55.6 Å². The fourth-order valence-electron chi connectivity index (χ4n) is 7.19. The maximum atomic E-state index is 14.2. The molecular weight excluding hydrogens is 737 g/mol. The Morgan fingerprint density at radius 2 is 1.58 bits per heavy atom. The van der Waals surface area contributed by atoms with Gasteiger partial charge in [0.05, 0.1) is 47.1 Å². The number of alkyl halides is 6. The number of rotatable bonds is 11. The van der Waals surface area contributed by atoms with E-state index in [1.807, 2.05) is 0 Å². The standard InChI is InChI=1S/C40H33F7N2O6/c41-31-15-22(9-11-33(31)51)14-23(32-8-4-5-13-48-32)10-12-34(52)35-24(21-55-28-6-2-1-3-7-28)16-29-36(30(35)20-50)38(54)49(37(29)53)27-18-25(39(42,43)44)17-26(19-27)40(45,46)47/h1-9,11,13-15,17-19,29-30,34,36,50-52H,10,12,16,20-21H2/b23-14-/t29-,30+,34-,36-/m1/s1. The summed E-state index contributed by atoms with van der Waals surface area (Å²) in [6, 6.07) is 17.7. The topological polar surface area (TPSA) is 120 Å². The lowest BCUT2D eigenvalue weighted by atomic mass is 9.68. The first kappa shape index (κ1) is 39.2. The van der Waals surface area contributed by atoms with Gasteiger partial charge in [-0.25, -0.2) is 9.29 Å². The summed E-state index contributed by atoms with van der Waals surface area (Å²) >= 11 is 0. The van der Waals surface area contributed by atoms with Crippen LogP contribution in [0, 0.1) is 23.6 Å². The van der Waals surface area contributed by atoms with E-state index in [0.717, 1.165) is 6.07 Å². The molecule has 0 bridgehead atoms. The Balaban J connectivity index is 1.37. The Bertz CT molecular complexity index is 2090. The number of aromatic hydroxyl groups is 1. The Morgan fingerprint density at radius 3 is 2.18 bits per heavy atom. The van der Waals surface area contributed by atoms with Gasteiger partial charge in [-0.05, 0) is 102 Å². The van der Waals surface area contributed by atoms with Crippen LogP contribution in [0.4, 0.5) is 36.4 Å². The number of aliphatic hydroxyl groups is 2. The van der Waals surface area contributed by atoms with E-state index in [0.29, 0.717) is 45.2 Å². The average molecular weight is 771 g/mol. The molecule has 55 heavy (non-hydrogen) atoms. The molecule has 0 unspecified atom stereocenters. The number of para-hydroxylation sites is 1. The summed E-state index contributed by atoms with van der Waals surface area (Å²) in [4.78, 5) is 32.6. The van der Waals surface area contributed by atoms with Gasteiger partial charge in [0.2, 0.25) is 11.8 Å². The Morgan fingerprint density at radius 1 is 0.909 bits per heavy atom. The Hall–Kier alpha value is -5.54. The zero-order valence-corrected chi connectivity index (χ0v) is 28.7. The number of carbonyl (C=O) groups is 2. The van der Waals surface area contributed by atoms with E-state index in [4.69, 9.17) is 4.74 Å². The van der Waals surface area contributed by atoms with Crippen LogP contribution in [0.2, 0.25) is 0 Å². The van der Waals surface area contributed by atoms with Crippen molar-refractivity contribution in [3.05, 3.63) is 130 Å². The number of pyridine rings is 1. The molecule has 1 aliphatic carbocycles. The number of amides is 2. The first-order chi connectivity index (χ1) is 26.1. The van der Waals surface area contributed by atoms with Crippen molar-refractivity contribution in [2.75, 3.05) is 18.1 Å². The van der Waals surface area contributed by atoms with E-state index in [1.165, 1.54) is 18.3 Å². The fraction of sp³-hybridized carbons (Fsp3) is 0.275. The van der Waals surface area contributed by atoms with Gasteiger partial charge >= 0.3 is 12.4 Å². The molecule has 3 N–H and O–H groups in total. The monoisotopic (exact) mass is 770 g/mol. The molecule has 288 valence electrons. The molecule has 8 nitrogen and oxygen atoms in total. The van der Waals surface area contributed by atoms with Crippen molar-refractivity contribution < 1.29 is 60.4 Å². The first-order valence-electron chi connectivity index (χ1n) is 17.0. The second-order valence-corrected chi connectivity index (χ2v) is 13.2. The highest BCUT2D eigenvalue weighted by atomic mass is 19.4. The molecule has 0 spiro atoms. The predicted molar refractivity (Wildman–Crippen MR) is 185 cm³/mol. The van der Waals surface area contributed by atoms with Crippen molar-refractivity contribution >= 4 is 29.2 Å². The molecule has 1 saturated heterocycles. The summed E-state index contributed by atoms with van der Waals surface area (Å²) in [6.07, 6.45) is -9.03. The fourth-order valence-corrected chi connectivity index (χ4v) is 7.19. The molecule has 4 atom stereocenters. The molecule has 2 amide bonds. The van der Waals surface area contributed by atoms with Gasteiger partial charge < -0.3 is 20.1 Å². The molecule has 2 heterocycles. The number of hydrogen-bond donors (Lipinski definition) is 3. The Kier molecular flexibility index (Phi) is 11.2. The van der Waals surface area contributed by atoms with Gasteiger partial charge in [-0.2, -0.15) is 26.3 Å². The number of allylic oxidation sites excluding steroid dienone is 1. The number of phenols is 1. The molecule has 1 aliphatic heterocycles. The van der Waals surface area contributed by atoms with Gasteiger partial charge in [0.15, 0.2) is 11.6 Å². The number of nitrogens with zero attached hydrogens (tertiary/aromatic N) is 2. The molecule has 4 aromatic rings. The number of hydrogen-bond acceptors (Lipinski definition) is 7. The molecular formula is C40H33F7N2O6. The third-order valence-corrected chi connectivity index (χ3v) is 9.72. The quantitative estimate of drug-likeness (QED) is 0.0808.